The number of rotatable bonds is 1. The summed E-state index contributed by atoms with van der Waals surface area (Å²) in [5, 5.41) is 0. The van der Waals surface area contributed by atoms with E-state index in [9.17, 15) is 9.59 Å². The van der Waals surface area contributed by atoms with E-state index in [4.69, 9.17) is 0 Å². The van der Waals surface area contributed by atoms with Crippen molar-refractivity contribution in [2.24, 2.45) is 0 Å². The van der Waals surface area contributed by atoms with Gasteiger partial charge in [0.05, 0.1) is 12.7 Å². The number of hydrogen-bond donors (Lipinski definition) is 0. The Bertz CT molecular complexity index is 472. The molecule has 1 aliphatic rings. The Morgan fingerprint density at radius 2 is 2.06 bits per heavy atom. The predicted octanol–water partition coefficient (Wildman–Crippen LogP) is 2.34. The Morgan fingerprint density at radius 1 is 1.38 bits per heavy atom. The first-order valence-corrected chi connectivity index (χ1v) is 5.22. The molecule has 0 unspecified atom stereocenters. The maximum absolute atomic E-state index is 11.8. The first-order chi connectivity index (χ1) is 7.45. The topological polar surface area (TPSA) is 43.4 Å². The molecular formula is C13H14O3. The molecule has 3 nitrogen and oxygen atoms in total. The quantitative estimate of drug-likeness (QED) is 0.679. The zero-order valence-corrected chi connectivity index (χ0v) is 9.66. The summed E-state index contributed by atoms with van der Waals surface area (Å²) in [6, 6.07) is 5.20. The van der Waals surface area contributed by atoms with Crippen molar-refractivity contribution in [3.05, 3.63) is 34.9 Å². The van der Waals surface area contributed by atoms with Crippen molar-refractivity contribution in [1.82, 2.24) is 0 Å². The summed E-state index contributed by atoms with van der Waals surface area (Å²) in [5.41, 5.74) is 1.99. The number of ether oxygens (including phenoxy) is 1. The van der Waals surface area contributed by atoms with E-state index < -0.39 is 5.97 Å². The zero-order chi connectivity index (χ0) is 11.9. The van der Waals surface area contributed by atoms with Gasteiger partial charge in [0, 0.05) is 12.0 Å². The molecule has 16 heavy (non-hydrogen) atoms. The number of hydrogen-bond acceptors (Lipinski definition) is 3. The van der Waals surface area contributed by atoms with Crippen LogP contribution in [0.3, 0.4) is 0 Å². The summed E-state index contributed by atoms with van der Waals surface area (Å²) in [6.07, 6.45) is 0.507. The monoisotopic (exact) mass is 218 g/mol. The Labute approximate surface area is 94.4 Å². The van der Waals surface area contributed by atoms with Crippen LogP contribution in [0.2, 0.25) is 0 Å². The lowest BCUT2D eigenvalue weighted by Crippen LogP contribution is -2.12. The van der Waals surface area contributed by atoms with Gasteiger partial charge in [0.15, 0.2) is 5.78 Å². The zero-order valence-electron chi connectivity index (χ0n) is 9.66. The van der Waals surface area contributed by atoms with Crippen molar-refractivity contribution in [3.8, 4) is 0 Å². The molecule has 0 aliphatic heterocycles. The molecule has 0 amide bonds. The minimum absolute atomic E-state index is 0.103. The second kappa shape index (κ2) is 3.44. The molecule has 0 atom stereocenters. The first-order valence-electron chi connectivity index (χ1n) is 5.22. The SMILES string of the molecule is COC(=O)c1ccc2c(c1)C(=O)CC2(C)C. The molecule has 0 radical (unpaired) electrons. The Balaban J connectivity index is 2.53. The minimum Gasteiger partial charge on any atom is -0.465 e. The molecule has 0 saturated carbocycles. The summed E-state index contributed by atoms with van der Waals surface area (Å²) in [7, 11) is 1.33. The van der Waals surface area contributed by atoms with Gasteiger partial charge in [-0.15, -0.1) is 0 Å². The van der Waals surface area contributed by atoms with Crippen LogP contribution < -0.4 is 0 Å². The highest BCUT2D eigenvalue weighted by Crippen LogP contribution is 2.38. The largest absolute Gasteiger partial charge is 0.465 e. The van der Waals surface area contributed by atoms with Crippen molar-refractivity contribution in [3.63, 3.8) is 0 Å². The third-order valence-corrected chi connectivity index (χ3v) is 3.07. The molecule has 0 heterocycles. The van der Waals surface area contributed by atoms with Gasteiger partial charge in [0.1, 0.15) is 0 Å². The van der Waals surface area contributed by atoms with Crippen molar-refractivity contribution < 1.29 is 14.3 Å². The first kappa shape index (κ1) is 10.9. The van der Waals surface area contributed by atoms with Crippen molar-refractivity contribution in [2.75, 3.05) is 7.11 Å². The van der Waals surface area contributed by atoms with Crippen molar-refractivity contribution in [2.45, 2.75) is 25.7 Å². The van der Waals surface area contributed by atoms with Gasteiger partial charge >= 0.3 is 5.97 Å². The molecule has 0 aromatic heterocycles. The average Bonchev–Trinajstić information content (AvgIpc) is 2.48. The van der Waals surface area contributed by atoms with Crippen molar-refractivity contribution >= 4 is 11.8 Å². The van der Waals surface area contributed by atoms with Gasteiger partial charge in [-0.3, -0.25) is 4.79 Å². The number of benzene rings is 1. The molecule has 84 valence electrons. The van der Waals surface area contributed by atoms with E-state index in [2.05, 4.69) is 4.74 Å². The number of esters is 1. The maximum atomic E-state index is 11.8. The van der Waals surface area contributed by atoms with Gasteiger partial charge < -0.3 is 4.74 Å². The summed E-state index contributed by atoms with van der Waals surface area (Å²) in [6.45, 7) is 4.07. The van der Waals surface area contributed by atoms with Crippen molar-refractivity contribution in [1.29, 1.82) is 0 Å². The lowest BCUT2D eigenvalue weighted by atomic mass is 9.86. The summed E-state index contributed by atoms with van der Waals surface area (Å²) in [4.78, 5) is 23.1. The second-order valence-corrected chi connectivity index (χ2v) is 4.74. The fourth-order valence-corrected chi connectivity index (χ4v) is 2.20. The molecule has 0 N–H and O–H groups in total. The van der Waals surface area contributed by atoms with E-state index >= 15 is 0 Å². The van der Waals surface area contributed by atoms with E-state index in [1.165, 1.54) is 7.11 Å². The van der Waals surface area contributed by atoms with Crippen LogP contribution >= 0.6 is 0 Å². The Hall–Kier alpha value is -1.64. The summed E-state index contributed by atoms with van der Waals surface area (Å²) in [5.74, 6) is -0.300. The number of methoxy groups -OCH3 is 1. The van der Waals surface area contributed by atoms with E-state index in [1.54, 1.807) is 12.1 Å². The van der Waals surface area contributed by atoms with Crippen LogP contribution in [-0.4, -0.2) is 18.9 Å². The van der Waals surface area contributed by atoms with E-state index in [0.717, 1.165) is 5.56 Å². The highest BCUT2D eigenvalue weighted by atomic mass is 16.5. The molecular weight excluding hydrogens is 204 g/mol. The molecule has 2 rings (SSSR count). The lowest BCUT2D eigenvalue weighted by Gasteiger charge is -2.17. The lowest BCUT2D eigenvalue weighted by molar-refractivity contribution is 0.0600. The number of fused-ring (bicyclic) bond motifs is 1. The van der Waals surface area contributed by atoms with Gasteiger partial charge in [0.25, 0.3) is 0 Å². The predicted molar refractivity (Wildman–Crippen MR) is 59.8 cm³/mol. The molecule has 1 aliphatic carbocycles. The normalized spacial score (nSPS) is 17.1. The number of Topliss-reactive ketones (excluding diaryl/α,β-unsaturated/α-hetero) is 1. The van der Waals surface area contributed by atoms with Crippen LogP contribution in [0.25, 0.3) is 0 Å². The van der Waals surface area contributed by atoms with Crippen LogP contribution in [0.1, 0.15) is 46.5 Å². The fraction of sp³-hybridized carbons (Fsp3) is 0.385. The smallest absolute Gasteiger partial charge is 0.337 e. The molecule has 1 aromatic rings. The molecule has 0 saturated heterocycles. The third-order valence-electron chi connectivity index (χ3n) is 3.07. The van der Waals surface area contributed by atoms with Crippen LogP contribution in [0.4, 0.5) is 0 Å². The molecule has 1 aromatic carbocycles. The Kier molecular flexibility index (Phi) is 2.34. The van der Waals surface area contributed by atoms with Crippen LogP contribution in [0.5, 0.6) is 0 Å². The molecule has 0 fully saturated rings. The highest BCUT2D eigenvalue weighted by molar-refractivity contribution is 6.04. The highest BCUT2D eigenvalue weighted by Gasteiger charge is 2.35. The molecule has 0 bridgehead atoms. The molecule has 3 heteroatoms. The van der Waals surface area contributed by atoms with Gasteiger partial charge in [-0.05, 0) is 23.1 Å². The second-order valence-electron chi connectivity index (χ2n) is 4.74. The fourth-order valence-electron chi connectivity index (χ4n) is 2.20. The maximum Gasteiger partial charge on any atom is 0.337 e. The summed E-state index contributed by atoms with van der Waals surface area (Å²) < 4.78 is 4.63. The van der Waals surface area contributed by atoms with E-state index in [0.29, 0.717) is 17.5 Å². The minimum atomic E-state index is -0.402. The van der Waals surface area contributed by atoms with Gasteiger partial charge in [-0.2, -0.15) is 0 Å². The van der Waals surface area contributed by atoms with Gasteiger partial charge in [0.2, 0.25) is 0 Å². The van der Waals surface area contributed by atoms with Crippen LogP contribution in [0, 0.1) is 0 Å². The van der Waals surface area contributed by atoms with Crippen LogP contribution in [-0.2, 0) is 10.2 Å². The summed E-state index contributed by atoms with van der Waals surface area (Å²) >= 11 is 0. The average molecular weight is 218 g/mol. The number of carbonyl (C=O) groups excluding carboxylic acids is 2. The van der Waals surface area contributed by atoms with Gasteiger partial charge in [-0.1, -0.05) is 19.9 Å². The number of ketones is 1. The number of carbonyl (C=O) groups is 2. The molecule has 0 spiro atoms. The standard InChI is InChI=1S/C13H14O3/c1-13(2)7-11(14)9-6-8(12(15)16-3)4-5-10(9)13/h4-6H,7H2,1-3H3. The van der Waals surface area contributed by atoms with E-state index in [-0.39, 0.29) is 11.2 Å². The van der Waals surface area contributed by atoms with E-state index in [1.807, 2.05) is 19.9 Å². The van der Waals surface area contributed by atoms with Crippen LogP contribution in [0.15, 0.2) is 18.2 Å². The Morgan fingerprint density at radius 3 is 2.69 bits per heavy atom. The third kappa shape index (κ3) is 1.52. The van der Waals surface area contributed by atoms with Gasteiger partial charge in [-0.25, -0.2) is 4.79 Å².